The van der Waals surface area contributed by atoms with E-state index in [0.717, 1.165) is 30.3 Å². The van der Waals surface area contributed by atoms with E-state index in [4.69, 9.17) is 4.74 Å². The van der Waals surface area contributed by atoms with Gasteiger partial charge in [-0.1, -0.05) is 6.07 Å². The van der Waals surface area contributed by atoms with Crippen LogP contribution in [0.25, 0.3) is 11.3 Å². The van der Waals surface area contributed by atoms with Crippen LogP contribution in [0.15, 0.2) is 53.5 Å². The fourth-order valence-corrected chi connectivity index (χ4v) is 2.92. The molecule has 0 saturated heterocycles. The van der Waals surface area contributed by atoms with Crippen molar-refractivity contribution in [2.75, 3.05) is 19.0 Å². The largest absolute Gasteiger partial charge is 0.443 e. The van der Waals surface area contributed by atoms with Crippen molar-refractivity contribution >= 4 is 30.3 Å². The number of hydrogen-bond acceptors (Lipinski definition) is 4. The third-order valence-corrected chi connectivity index (χ3v) is 4.43. The van der Waals surface area contributed by atoms with Crippen LogP contribution in [0.2, 0.25) is 0 Å². The first-order valence-corrected chi connectivity index (χ1v) is 9.72. The van der Waals surface area contributed by atoms with E-state index < -0.39 is 41.7 Å². The third kappa shape index (κ3) is 5.55. The van der Waals surface area contributed by atoms with Gasteiger partial charge in [-0.2, -0.15) is 4.99 Å². The number of aliphatic imine (C=N–C) groups is 1. The van der Waals surface area contributed by atoms with Gasteiger partial charge in [0.05, 0.1) is 12.0 Å². The van der Waals surface area contributed by atoms with E-state index in [1.54, 1.807) is 14.1 Å². The Morgan fingerprint density at radius 3 is 2.35 bits per heavy atom. The number of nitrogens with zero attached hydrogens (tertiary/aromatic N) is 4. The van der Waals surface area contributed by atoms with Crippen molar-refractivity contribution in [2.45, 2.75) is 6.61 Å². The maximum Gasteiger partial charge on any atom is 0.435 e. The number of amides is 2. The van der Waals surface area contributed by atoms with Crippen molar-refractivity contribution < 1.29 is 31.9 Å². The van der Waals surface area contributed by atoms with E-state index in [1.807, 2.05) is 0 Å². The Morgan fingerprint density at radius 2 is 1.74 bits per heavy atom. The molecule has 0 N–H and O–H groups in total. The minimum Gasteiger partial charge on any atom is -0.443 e. The van der Waals surface area contributed by atoms with Gasteiger partial charge in [-0.15, -0.1) is 0 Å². The zero-order valence-corrected chi connectivity index (χ0v) is 18.0. The highest BCUT2D eigenvalue weighted by Gasteiger charge is 2.22. The fraction of sp³-hybridized carbons (Fsp3) is 0.130. The average molecular weight is 474 g/mol. The Morgan fingerprint density at radius 1 is 1.03 bits per heavy atom. The molecule has 7 nitrogen and oxygen atoms in total. The zero-order valence-electron chi connectivity index (χ0n) is 18.0. The molecule has 1 aromatic heterocycles. The highest BCUT2D eigenvalue weighted by atomic mass is 19.1. The van der Waals surface area contributed by atoms with E-state index in [9.17, 15) is 27.2 Å². The minimum absolute atomic E-state index is 0.136. The molecule has 34 heavy (non-hydrogen) atoms. The lowest BCUT2D eigenvalue weighted by atomic mass is 10.1. The molecule has 0 atom stereocenters. The Hall–Kier alpha value is -4.28. The number of carbonyl (C=O) groups is 2. The molecule has 0 bridgehead atoms. The van der Waals surface area contributed by atoms with Crippen LogP contribution in [0.5, 0.6) is 0 Å². The number of benzene rings is 2. The first-order valence-electron chi connectivity index (χ1n) is 9.72. The standard InChI is InChI=1S/C23H18F4N4O3/c1-30(2)12-28-23(33)34-11-14-6-9-20(29-21(14)16-8-7-15(24)10-19(16)27)31(13-32)22-17(25)4-3-5-18(22)26/h3-10,12-13H,11H2,1-2H3/b28-12+. The summed E-state index contributed by atoms with van der Waals surface area (Å²) in [6, 6.07) is 8.30. The smallest absolute Gasteiger partial charge is 0.435 e. The summed E-state index contributed by atoms with van der Waals surface area (Å²) in [6.45, 7) is -0.405. The molecule has 0 aliphatic heterocycles. The molecule has 1 heterocycles. The number of halogens is 4. The van der Waals surface area contributed by atoms with Gasteiger partial charge in [0.25, 0.3) is 0 Å². The Labute approximate surface area is 191 Å². The van der Waals surface area contributed by atoms with E-state index in [2.05, 4.69) is 9.98 Å². The van der Waals surface area contributed by atoms with E-state index in [1.165, 1.54) is 23.4 Å². The lowest BCUT2D eigenvalue weighted by Crippen LogP contribution is -2.19. The van der Waals surface area contributed by atoms with Crippen LogP contribution in [0.3, 0.4) is 0 Å². The molecule has 0 saturated carbocycles. The summed E-state index contributed by atoms with van der Waals surface area (Å²) < 4.78 is 61.6. The summed E-state index contributed by atoms with van der Waals surface area (Å²) in [5.41, 5.74) is -0.843. The predicted molar refractivity (Wildman–Crippen MR) is 117 cm³/mol. The SMILES string of the molecule is CN(C)/C=N/C(=O)OCc1ccc(N(C=O)c2c(F)cccc2F)nc1-c1ccc(F)cc1F. The number of ether oxygens (including phenoxy) is 1. The number of para-hydroxylation sites is 1. The second-order valence-corrected chi connectivity index (χ2v) is 7.11. The molecular formula is C23H18F4N4O3. The molecule has 176 valence electrons. The van der Waals surface area contributed by atoms with E-state index in [0.29, 0.717) is 11.0 Å². The van der Waals surface area contributed by atoms with Crippen LogP contribution in [0.1, 0.15) is 5.56 Å². The van der Waals surface area contributed by atoms with Crippen LogP contribution in [0.4, 0.5) is 33.9 Å². The van der Waals surface area contributed by atoms with Gasteiger partial charge in [0, 0.05) is 31.3 Å². The molecule has 0 fully saturated rings. The lowest BCUT2D eigenvalue weighted by molar-refractivity contribution is -0.106. The predicted octanol–water partition coefficient (Wildman–Crippen LogP) is 4.83. The zero-order chi connectivity index (χ0) is 24.8. The van der Waals surface area contributed by atoms with Crippen molar-refractivity contribution in [1.82, 2.24) is 9.88 Å². The molecule has 2 amide bonds. The summed E-state index contributed by atoms with van der Waals surface area (Å²) in [5.74, 6) is -4.14. The monoisotopic (exact) mass is 474 g/mol. The van der Waals surface area contributed by atoms with Crippen molar-refractivity contribution in [3.63, 3.8) is 0 Å². The van der Waals surface area contributed by atoms with E-state index >= 15 is 0 Å². The van der Waals surface area contributed by atoms with Gasteiger partial charge in [-0.3, -0.25) is 9.69 Å². The Kier molecular flexibility index (Phi) is 7.57. The Bertz CT molecular complexity index is 1230. The summed E-state index contributed by atoms with van der Waals surface area (Å²) in [4.78, 5) is 33.4. The topological polar surface area (TPSA) is 75.1 Å². The molecule has 3 rings (SSSR count). The summed E-state index contributed by atoms with van der Waals surface area (Å²) in [6.07, 6.45) is 0.422. The van der Waals surface area contributed by atoms with Crippen LogP contribution in [0, 0.1) is 23.3 Å². The lowest BCUT2D eigenvalue weighted by Gasteiger charge is -2.20. The molecule has 3 aromatic rings. The number of carbonyl (C=O) groups excluding carboxylic acids is 2. The summed E-state index contributed by atoms with van der Waals surface area (Å²) in [5, 5.41) is 0. The Balaban J connectivity index is 2.07. The van der Waals surface area contributed by atoms with Crippen molar-refractivity contribution in [3.8, 4) is 11.3 Å². The quantitative estimate of drug-likeness (QED) is 0.212. The highest BCUT2D eigenvalue weighted by Crippen LogP contribution is 2.32. The van der Waals surface area contributed by atoms with Gasteiger partial charge in [0.1, 0.15) is 41.4 Å². The molecular weight excluding hydrogens is 456 g/mol. The molecule has 0 spiro atoms. The molecule has 11 heteroatoms. The van der Waals surface area contributed by atoms with Gasteiger partial charge in [-0.05, 0) is 36.4 Å². The number of anilines is 2. The van der Waals surface area contributed by atoms with Crippen LogP contribution in [-0.4, -0.2) is 42.8 Å². The summed E-state index contributed by atoms with van der Waals surface area (Å²) >= 11 is 0. The number of rotatable bonds is 7. The number of aromatic nitrogens is 1. The highest BCUT2D eigenvalue weighted by molar-refractivity contribution is 5.86. The van der Waals surface area contributed by atoms with Crippen molar-refractivity contribution in [1.29, 1.82) is 0 Å². The normalized spacial score (nSPS) is 10.9. The molecule has 0 aliphatic rings. The fourth-order valence-electron chi connectivity index (χ4n) is 2.92. The third-order valence-electron chi connectivity index (χ3n) is 4.43. The van der Waals surface area contributed by atoms with Crippen LogP contribution >= 0.6 is 0 Å². The summed E-state index contributed by atoms with van der Waals surface area (Å²) in [7, 11) is 3.29. The average Bonchev–Trinajstić information content (AvgIpc) is 2.79. The molecule has 2 aromatic carbocycles. The number of pyridine rings is 1. The van der Waals surface area contributed by atoms with Gasteiger partial charge in [-0.25, -0.2) is 27.3 Å². The van der Waals surface area contributed by atoms with Gasteiger partial charge < -0.3 is 9.64 Å². The first-order chi connectivity index (χ1) is 16.2. The maximum absolute atomic E-state index is 14.6. The molecule has 0 unspecified atom stereocenters. The number of hydrogen-bond donors (Lipinski definition) is 0. The second-order valence-electron chi connectivity index (χ2n) is 7.11. The van der Waals surface area contributed by atoms with E-state index in [-0.39, 0.29) is 29.0 Å². The molecule has 0 radical (unpaired) electrons. The van der Waals surface area contributed by atoms with Crippen molar-refractivity contribution in [3.05, 3.63) is 77.4 Å². The maximum atomic E-state index is 14.6. The second kappa shape index (κ2) is 10.6. The van der Waals surface area contributed by atoms with Gasteiger partial charge >= 0.3 is 6.09 Å². The van der Waals surface area contributed by atoms with Crippen molar-refractivity contribution in [2.24, 2.45) is 4.99 Å². The minimum atomic E-state index is -1.03. The van der Waals surface area contributed by atoms with Gasteiger partial charge in [0.15, 0.2) is 0 Å². The molecule has 0 aliphatic carbocycles. The first kappa shape index (κ1) is 24.4. The van der Waals surface area contributed by atoms with Crippen LogP contribution in [-0.2, 0) is 16.1 Å². The van der Waals surface area contributed by atoms with Crippen LogP contribution < -0.4 is 4.90 Å². The van der Waals surface area contributed by atoms with Gasteiger partial charge in [0.2, 0.25) is 6.41 Å².